The van der Waals surface area contributed by atoms with E-state index in [0.717, 1.165) is 32.1 Å². The van der Waals surface area contributed by atoms with Gasteiger partial charge in [-0.25, -0.2) is 0 Å². The maximum Gasteiger partial charge on any atom is 0.233 e. The number of hydrogen-bond donors (Lipinski definition) is 1. The Hall–Kier alpha value is -2.36. The number of carbonyl (C=O) groups excluding carboxylic acids is 1. The van der Waals surface area contributed by atoms with Crippen LogP contribution in [-0.2, 0) is 4.79 Å². The molecule has 1 aromatic heterocycles. The first-order valence-electron chi connectivity index (χ1n) is 7.50. The standard InChI is InChI=1S/C20H13ClNOS/c21-16-6-8-19-18(11-16)15(12-24-19)10-20(23)22-17-7-5-13-3-1-2-4-14(13)9-17/h1-12H,(H,22,23). The van der Waals surface area contributed by atoms with Crippen molar-refractivity contribution in [3.8, 4) is 0 Å². The molecule has 0 bridgehead atoms. The Bertz CT molecular complexity index is 1050. The van der Waals surface area contributed by atoms with Crippen molar-refractivity contribution >= 4 is 55.4 Å². The van der Waals surface area contributed by atoms with Crippen molar-refractivity contribution in [3.05, 3.63) is 83.1 Å². The van der Waals surface area contributed by atoms with Gasteiger partial charge >= 0.3 is 0 Å². The molecule has 4 rings (SSSR count). The van der Waals surface area contributed by atoms with Crippen LogP contribution in [0, 0.1) is 6.42 Å². The molecule has 1 amide bonds. The van der Waals surface area contributed by atoms with Gasteiger partial charge < -0.3 is 5.32 Å². The van der Waals surface area contributed by atoms with Gasteiger partial charge in [0.05, 0.1) is 6.42 Å². The highest BCUT2D eigenvalue weighted by atomic mass is 35.5. The monoisotopic (exact) mass is 350 g/mol. The molecule has 0 atom stereocenters. The second-order valence-electron chi connectivity index (χ2n) is 5.53. The summed E-state index contributed by atoms with van der Waals surface area (Å²) in [5.41, 5.74) is 1.67. The normalized spacial score (nSPS) is 11.0. The third kappa shape index (κ3) is 3.01. The van der Waals surface area contributed by atoms with E-state index in [9.17, 15) is 4.79 Å². The summed E-state index contributed by atoms with van der Waals surface area (Å²) in [6.45, 7) is 0. The van der Waals surface area contributed by atoms with Crippen molar-refractivity contribution in [2.75, 3.05) is 5.32 Å². The molecule has 0 aliphatic heterocycles. The predicted octanol–water partition coefficient (Wildman–Crippen LogP) is 5.90. The van der Waals surface area contributed by atoms with Crippen LogP contribution >= 0.6 is 22.9 Å². The first-order chi connectivity index (χ1) is 11.7. The summed E-state index contributed by atoms with van der Waals surface area (Å²) < 4.78 is 1.11. The molecule has 0 aliphatic rings. The lowest BCUT2D eigenvalue weighted by molar-refractivity contribution is -0.112. The van der Waals surface area contributed by atoms with Crippen molar-refractivity contribution in [1.82, 2.24) is 0 Å². The minimum absolute atomic E-state index is 0.148. The number of benzene rings is 3. The van der Waals surface area contributed by atoms with Gasteiger partial charge in [-0.2, -0.15) is 0 Å². The number of amides is 1. The van der Waals surface area contributed by atoms with Gasteiger partial charge in [-0.15, -0.1) is 11.3 Å². The highest BCUT2D eigenvalue weighted by Gasteiger charge is 2.10. The summed E-state index contributed by atoms with van der Waals surface area (Å²) in [7, 11) is 0. The van der Waals surface area contributed by atoms with Crippen LogP contribution < -0.4 is 5.32 Å². The van der Waals surface area contributed by atoms with Gasteiger partial charge in [0.25, 0.3) is 0 Å². The third-order valence-electron chi connectivity index (χ3n) is 3.87. The van der Waals surface area contributed by atoms with Crippen LogP contribution in [0.2, 0.25) is 5.02 Å². The molecule has 0 unspecified atom stereocenters. The largest absolute Gasteiger partial charge is 0.326 e. The minimum Gasteiger partial charge on any atom is -0.326 e. The van der Waals surface area contributed by atoms with Gasteiger partial charge in [-0.3, -0.25) is 4.79 Å². The average Bonchev–Trinajstić information content (AvgIpc) is 2.97. The van der Waals surface area contributed by atoms with Gasteiger partial charge in [0.1, 0.15) is 0 Å². The molecule has 0 saturated carbocycles. The molecule has 24 heavy (non-hydrogen) atoms. The number of anilines is 1. The topological polar surface area (TPSA) is 29.1 Å². The van der Waals surface area contributed by atoms with Gasteiger partial charge in [0.15, 0.2) is 0 Å². The molecule has 4 aromatic rings. The zero-order valence-electron chi connectivity index (χ0n) is 12.6. The summed E-state index contributed by atoms with van der Waals surface area (Å²) in [4.78, 5) is 12.3. The summed E-state index contributed by atoms with van der Waals surface area (Å²) in [6, 6.07) is 19.7. The summed E-state index contributed by atoms with van der Waals surface area (Å²) >= 11 is 7.66. The lowest BCUT2D eigenvalue weighted by atomic mass is 10.1. The molecule has 0 fully saturated rings. The molecule has 1 heterocycles. The Morgan fingerprint density at radius 3 is 2.71 bits per heavy atom. The van der Waals surface area contributed by atoms with Crippen LogP contribution in [-0.4, -0.2) is 5.91 Å². The molecular formula is C20H13ClNOS. The van der Waals surface area contributed by atoms with E-state index >= 15 is 0 Å². The highest BCUT2D eigenvalue weighted by molar-refractivity contribution is 7.17. The van der Waals surface area contributed by atoms with E-state index in [2.05, 4.69) is 5.32 Å². The van der Waals surface area contributed by atoms with E-state index in [1.807, 2.05) is 66.0 Å². The zero-order valence-corrected chi connectivity index (χ0v) is 14.2. The predicted molar refractivity (Wildman–Crippen MR) is 103 cm³/mol. The Balaban J connectivity index is 1.55. The van der Waals surface area contributed by atoms with Crippen LogP contribution in [0.15, 0.2) is 66.0 Å². The number of nitrogens with one attached hydrogen (secondary N) is 1. The van der Waals surface area contributed by atoms with Crippen LogP contribution in [0.25, 0.3) is 20.9 Å². The van der Waals surface area contributed by atoms with E-state index in [1.54, 1.807) is 17.8 Å². The maximum atomic E-state index is 12.3. The van der Waals surface area contributed by atoms with E-state index in [-0.39, 0.29) is 5.91 Å². The fourth-order valence-electron chi connectivity index (χ4n) is 2.72. The van der Waals surface area contributed by atoms with Crippen LogP contribution in [0.5, 0.6) is 0 Å². The van der Waals surface area contributed by atoms with E-state index < -0.39 is 0 Å². The molecule has 2 nitrogen and oxygen atoms in total. The van der Waals surface area contributed by atoms with Crippen LogP contribution in [0.1, 0.15) is 5.56 Å². The van der Waals surface area contributed by atoms with Gasteiger partial charge in [0.2, 0.25) is 5.91 Å². The van der Waals surface area contributed by atoms with Gasteiger partial charge in [-0.1, -0.05) is 41.9 Å². The third-order valence-corrected chi connectivity index (χ3v) is 5.09. The zero-order chi connectivity index (χ0) is 16.5. The molecular weight excluding hydrogens is 338 g/mol. The maximum absolute atomic E-state index is 12.3. The number of hydrogen-bond acceptors (Lipinski definition) is 2. The summed E-state index contributed by atoms with van der Waals surface area (Å²) in [5, 5.41) is 8.83. The SMILES string of the molecule is O=C([CH]c1csc2ccc(Cl)cc12)Nc1ccc2ccccc2c1. The molecule has 0 spiro atoms. The van der Waals surface area contributed by atoms with Crippen LogP contribution in [0.3, 0.4) is 0 Å². The Labute approximate surface area is 148 Å². The lowest BCUT2D eigenvalue weighted by Gasteiger charge is -2.06. The molecule has 1 radical (unpaired) electrons. The van der Waals surface area contributed by atoms with Gasteiger partial charge in [-0.05, 0) is 57.4 Å². The Kier molecular flexibility index (Phi) is 3.97. The second kappa shape index (κ2) is 6.27. The van der Waals surface area contributed by atoms with Gasteiger partial charge in [0, 0.05) is 15.4 Å². The minimum atomic E-state index is -0.148. The first-order valence-corrected chi connectivity index (χ1v) is 8.76. The molecule has 1 N–H and O–H groups in total. The average molecular weight is 351 g/mol. The summed E-state index contributed by atoms with van der Waals surface area (Å²) in [5.74, 6) is -0.148. The Morgan fingerprint density at radius 1 is 1.00 bits per heavy atom. The van der Waals surface area contributed by atoms with E-state index in [0.29, 0.717) is 5.02 Å². The quantitative estimate of drug-likeness (QED) is 0.489. The number of fused-ring (bicyclic) bond motifs is 2. The van der Waals surface area contributed by atoms with Crippen molar-refractivity contribution in [2.24, 2.45) is 0 Å². The smallest absolute Gasteiger partial charge is 0.233 e. The number of carbonyl (C=O) groups is 1. The first kappa shape index (κ1) is 15.2. The Morgan fingerprint density at radius 2 is 1.83 bits per heavy atom. The second-order valence-corrected chi connectivity index (χ2v) is 6.87. The highest BCUT2D eigenvalue weighted by Crippen LogP contribution is 2.30. The van der Waals surface area contributed by atoms with Crippen molar-refractivity contribution in [2.45, 2.75) is 0 Å². The molecule has 0 saturated heterocycles. The summed E-state index contributed by atoms with van der Waals surface area (Å²) in [6.07, 6.45) is 1.62. The fourth-order valence-corrected chi connectivity index (χ4v) is 3.79. The van der Waals surface area contributed by atoms with E-state index in [4.69, 9.17) is 11.6 Å². The number of rotatable bonds is 3. The number of halogens is 1. The van der Waals surface area contributed by atoms with Crippen molar-refractivity contribution < 1.29 is 4.79 Å². The lowest BCUT2D eigenvalue weighted by Crippen LogP contribution is -2.12. The molecule has 117 valence electrons. The molecule has 4 heteroatoms. The van der Waals surface area contributed by atoms with E-state index in [1.165, 1.54) is 0 Å². The van der Waals surface area contributed by atoms with Crippen molar-refractivity contribution in [3.63, 3.8) is 0 Å². The van der Waals surface area contributed by atoms with Crippen LogP contribution in [0.4, 0.5) is 5.69 Å². The van der Waals surface area contributed by atoms with Crippen molar-refractivity contribution in [1.29, 1.82) is 0 Å². The molecule has 0 aliphatic carbocycles. The number of thiophene rings is 1. The fraction of sp³-hybridized carbons (Fsp3) is 0. The molecule has 3 aromatic carbocycles.